The third kappa shape index (κ3) is 1.49. The lowest BCUT2D eigenvalue weighted by molar-refractivity contribution is -0.171. The average Bonchev–Trinajstić information content (AvgIpc) is 3.16. The van der Waals surface area contributed by atoms with E-state index >= 15 is 0 Å². The highest BCUT2D eigenvalue weighted by molar-refractivity contribution is 5.41. The minimum Gasteiger partial charge on any atom is -0.362 e. The molecule has 2 fully saturated rings. The van der Waals surface area contributed by atoms with Crippen molar-refractivity contribution in [1.29, 1.82) is 0 Å². The van der Waals surface area contributed by atoms with Crippen LogP contribution in [0.4, 0.5) is 0 Å². The van der Waals surface area contributed by atoms with Crippen LogP contribution in [0.25, 0.3) is 0 Å². The van der Waals surface area contributed by atoms with Crippen molar-refractivity contribution in [1.82, 2.24) is 5.06 Å². The summed E-state index contributed by atoms with van der Waals surface area (Å²) >= 11 is 0. The second kappa shape index (κ2) is 4.17. The number of hydroxylamine groups is 2. The molecule has 0 amide bonds. The summed E-state index contributed by atoms with van der Waals surface area (Å²) < 4.78 is 6.26. The van der Waals surface area contributed by atoms with Crippen LogP contribution in [0.2, 0.25) is 0 Å². The maximum Gasteiger partial charge on any atom is 0.117 e. The van der Waals surface area contributed by atoms with Gasteiger partial charge >= 0.3 is 0 Å². The predicted molar refractivity (Wildman–Crippen MR) is 78.3 cm³/mol. The summed E-state index contributed by atoms with van der Waals surface area (Å²) in [5.74, 6) is 0.373. The Kier molecular flexibility index (Phi) is 2.37. The molecule has 0 unspecified atom stereocenters. The van der Waals surface area contributed by atoms with Gasteiger partial charge in [-0.2, -0.15) is 5.06 Å². The highest BCUT2D eigenvalue weighted by atomic mass is 16.7. The van der Waals surface area contributed by atoms with Gasteiger partial charge in [-0.1, -0.05) is 54.6 Å². The van der Waals surface area contributed by atoms with Crippen molar-refractivity contribution in [2.24, 2.45) is 5.92 Å². The summed E-state index contributed by atoms with van der Waals surface area (Å²) in [4.78, 5) is 6.15. The molecule has 0 aromatic heterocycles. The summed E-state index contributed by atoms with van der Waals surface area (Å²) in [5, 5.41) is 2.03. The van der Waals surface area contributed by atoms with Gasteiger partial charge in [0.25, 0.3) is 0 Å². The average molecular weight is 279 g/mol. The zero-order valence-corrected chi connectivity index (χ0v) is 11.8. The van der Waals surface area contributed by atoms with Gasteiger partial charge in [0, 0.05) is 13.0 Å². The second-order valence-corrected chi connectivity index (χ2v) is 6.16. The monoisotopic (exact) mass is 279 g/mol. The first-order valence-corrected chi connectivity index (χ1v) is 7.53. The van der Waals surface area contributed by atoms with Gasteiger partial charge in [0.15, 0.2) is 0 Å². The standard InChI is InChI=1S/C18H17NO2/c1-19-15(11-7-3-2-4-8-11)14-16-12-9-5-6-10-13(12)17(20-16)18(14)21-19/h2-10,14-18H,1H3/t14-,15+,16-,17+,18-/m1/s1. The minimum absolute atomic E-state index is 0.0902. The highest BCUT2D eigenvalue weighted by Crippen LogP contribution is 2.62. The quantitative estimate of drug-likeness (QED) is 0.798. The first-order chi connectivity index (χ1) is 10.3. The number of ether oxygens (including phenoxy) is 1. The first-order valence-electron chi connectivity index (χ1n) is 7.53. The number of hydrogen-bond donors (Lipinski definition) is 0. The van der Waals surface area contributed by atoms with Gasteiger partial charge < -0.3 is 4.74 Å². The summed E-state index contributed by atoms with van der Waals surface area (Å²) in [6.45, 7) is 0. The third-order valence-electron chi connectivity index (χ3n) is 5.12. The summed E-state index contributed by atoms with van der Waals surface area (Å²) in [7, 11) is 2.04. The van der Waals surface area contributed by atoms with Crippen molar-refractivity contribution >= 4 is 0 Å². The van der Waals surface area contributed by atoms with E-state index in [1.165, 1.54) is 16.7 Å². The zero-order valence-electron chi connectivity index (χ0n) is 11.8. The fourth-order valence-electron chi connectivity index (χ4n) is 4.31. The smallest absolute Gasteiger partial charge is 0.117 e. The maximum atomic E-state index is 6.26. The Morgan fingerprint density at radius 2 is 1.52 bits per heavy atom. The molecule has 2 saturated heterocycles. The van der Waals surface area contributed by atoms with E-state index in [0.717, 1.165) is 0 Å². The van der Waals surface area contributed by atoms with Crippen LogP contribution >= 0.6 is 0 Å². The molecule has 3 aliphatic heterocycles. The van der Waals surface area contributed by atoms with E-state index in [9.17, 15) is 0 Å². The largest absolute Gasteiger partial charge is 0.362 e. The lowest BCUT2D eigenvalue weighted by atomic mass is 9.77. The Labute approximate surface area is 124 Å². The van der Waals surface area contributed by atoms with Gasteiger partial charge in [-0.25, -0.2) is 0 Å². The Morgan fingerprint density at radius 3 is 2.29 bits per heavy atom. The third-order valence-corrected chi connectivity index (χ3v) is 5.12. The van der Waals surface area contributed by atoms with Gasteiger partial charge in [-0.05, 0) is 16.7 Å². The molecule has 3 nitrogen and oxygen atoms in total. The molecule has 3 aliphatic rings. The number of fused-ring (bicyclic) bond motifs is 8. The van der Waals surface area contributed by atoms with Crippen LogP contribution in [-0.4, -0.2) is 18.2 Å². The molecule has 5 atom stereocenters. The molecule has 3 heterocycles. The van der Waals surface area contributed by atoms with Crippen LogP contribution in [0.5, 0.6) is 0 Å². The Hall–Kier alpha value is -1.68. The molecule has 0 saturated carbocycles. The topological polar surface area (TPSA) is 21.7 Å². The van der Waals surface area contributed by atoms with Gasteiger partial charge in [0.1, 0.15) is 12.2 Å². The predicted octanol–water partition coefficient (Wildman–Crippen LogP) is 3.42. The summed E-state index contributed by atoms with van der Waals surface area (Å²) in [6, 6.07) is 19.5. The summed E-state index contributed by atoms with van der Waals surface area (Å²) in [5.41, 5.74) is 3.97. The van der Waals surface area contributed by atoms with Gasteiger partial charge in [0.2, 0.25) is 0 Å². The molecule has 3 heteroatoms. The lowest BCUT2D eigenvalue weighted by Crippen LogP contribution is -2.26. The van der Waals surface area contributed by atoms with E-state index in [1.807, 2.05) is 12.1 Å². The van der Waals surface area contributed by atoms with Gasteiger partial charge in [-0.15, -0.1) is 0 Å². The first kappa shape index (κ1) is 11.9. The van der Waals surface area contributed by atoms with Crippen molar-refractivity contribution in [2.45, 2.75) is 24.4 Å². The molecule has 2 aromatic rings. The van der Waals surface area contributed by atoms with E-state index in [4.69, 9.17) is 9.57 Å². The molecule has 21 heavy (non-hydrogen) atoms. The number of nitrogens with zero attached hydrogens (tertiary/aromatic N) is 1. The fourth-order valence-corrected chi connectivity index (χ4v) is 4.31. The molecule has 106 valence electrons. The molecule has 5 rings (SSSR count). The Bertz CT molecular complexity index is 687. The number of hydrogen-bond acceptors (Lipinski definition) is 3. The van der Waals surface area contributed by atoms with Crippen LogP contribution in [-0.2, 0) is 9.57 Å². The van der Waals surface area contributed by atoms with Crippen LogP contribution in [0.3, 0.4) is 0 Å². The zero-order chi connectivity index (χ0) is 14.0. The van der Waals surface area contributed by atoms with E-state index < -0.39 is 0 Å². The maximum absolute atomic E-state index is 6.26. The van der Waals surface area contributed by atoms with Crippen LogP contribution in [0, 0.1) is 5.92 Å². The van der Waals surface area contributed by atoms with E-state index in [2.05, 4.69) is 54.6 Å². The second-order valence-electron chi connectivity index (χ2n) is 6.16. The van der Waals surface area contributed by atoms with Crippen LogP contribution in [0.1, 0.15) is 34.9 Å². The van der Waals surface area contributed by atoms with Crippen LogP contribution in [0.15, 0.2) is 54.6 Å². The number of benzene rings is 2. The van der Waals surface area contributed by atoms with Crippen molar-refractivity contribution in [3.63, 3.8) is 0 Å². The normalized spacial score (nSPS) is 36.7. The van der Waals surface area contributed by atoms with Gasteiger partial charge in [-0.3, -0.25) is 4.84 Å². The van der Waals surface area contributed by atoms with Crippen LogP contribution < -0.4 is 0 Å². The minimum atomic E-state index is 0.0902. The molecular formula is C18H17NO2. The molecule has 2 aromatic carbocycles. The van der Waals surface area contributed by atoms with Crippen molar-refractivity contribution in [2.75, 3.05) is 7.05 Å². The van der Waals surface area contributed by atoms with E-state index in [1.54, 1.807) is 0 Å². The number of rotatable bonds is 1. The van der Waals surface area contributed by atoms with Gasteiger partial charge in [0.05, 0.1) is 12.1 Å². The van der Waals surface area contributed by atoms with E-state index in [-0.39, 0.29) is 24.4 Å². The van der Waals surface area contributed by atoms with Crippen molar-refractivity contribution < 1.29 is 9.57 Å². The molecule has 2 bridgehead atoms. The summed E-state index contributed by atoms with van der Waals surface area (Å²) in [6.07, 6.45) is 0.388. The molecule has 0 spiro atoms. The lowest BCUT2D eigenvalue weighted by Gasteiger charge is -2.26. The highest BCUT2D eigenvalue weighted by Gasteiger charge is 2.60. The SMILES string of the molecule is CN1O[C@@H]2[C@@H]([C@@H]3O[C@H]2c2ccccc23)[C@@H]1c1ccccc1. The molecule has 0 N–H and O–H groups in total. The van der Waals surface area contributed by atoms with Crippen molar-refractivity contribution in [3.8, 4) is 0 Å². The van der Waals surface area contributed by atoms with Crippen molar-refractivity contribution in [3.05, 3.63) is 71.3 Å². The Morgan fingerprint density at radius 1 is 0.857 bits per heavy atom. The fraction of sp³-hybridized carbons (Fsp3) is 0.333. The van der Waals surface area contributed by atoms with E-state index in [0.29, 0.717) is 5.92 Å². The molecule has 0 radical (unpaired) electrons. The molecule has 0 aliphatic carbocycles. The molecular weight excluding hydrogens is 262 g/mol. The Balaban J connectivity index is 1.61.